The summed E-state index contributed by atoms with van der Waals surface area (Å²) >= 11 is 0. The summed E-state index contributed by atoms with van der Waals surface area (Å²) in [5, 5.41) is 19.6. The van der Waals surface area contributed by atoms with Crippen LogP contribution in [0.25, 0.3) is 0 Å². The zero-order chi connectivity index (χ0) is 14.7. The van der Waals surface area contributed by atoms with Gasteiger partial charge in [-0.05, 0) is 44.2 Å². The normalized spacial score (nSPS) is 17.4. The maximum atomic E-state index is 11.4. The molecule has 0 fully saturated rings. The summed E-state index contributed by atoms with van der Waals surface area (Å²) < 4.78 is 5.74. The number of phenols is 1. The summed E-state index contributed by atoms with van der Waals surface area (Å²) in [6, 6.07) is 1.81. The predicted molar refractivity (Wildman–Crippen MR) is 76.7 cm³/mol. The lowest BCUT2D eigenvalue weighted by Crippen LogP contribution is -2.20. The van der Waals surface area contributed by atoms with Crippen LogP contribution in [0.4, 0.5) is 0 Å². The third-order valence-corrected chi connectivity index (χ3v) is 3.84. The van der Waals surface area contributed by atoms with E-state index in [0.717, 1.165) is 25.7 Å². The highest BCUT2D eigenvalue weighted by atomic mass is 16.5. The Labute approximate surface area is 119 Å². The first-order chi connectivity index (χ1) is 9.54. The first-order valence-electron chi connectivity index (χ1n) is 7.32. The van der Waals surface area contributed by atoms with Gasteiger partial charge < -0.3 is 14.9 Å². The van der Waals surface area contributed by atoms with Gasteiger partial charge in [-0.3, -0.25) is 0 Å². The minimum Gasteiger partial charge on any atom is -0.507 e. The molecule has 4 heteroatoms. The number of carboxylic acid groups (broad SMARTS) is 1. The summed E-state index contributed by atoms with van der Waals surface area (Å²) in [6.45, 7) is 4.09. The Balaban J connectivity index is 2.40. The summed E-state index contributed by atoms with van der Waals surface area (Å²) in [7, 11) is 0. The van der Waals surface area contributed by atoms with E-state index in [4.69, 9.17) is 4.74 Å². The van der Waals surface area contributed by atoms with Gasteiger partial charge in [-0.15, -0.1) is 0 Å². The van der Waals surface area contributed by atoms with E-state index in [1.807, 2.05) is 13.0 Å². The second-order valence-electron chi connectivity index (χ2n) is 5.47. The Morgan fingerprint density at radius 1 is 1.45 bits per heavy atom. The molecule has 4 nitrogen and oxygen atoms in total. The van der Waals surface area contributed by atoms with Gasteiger partial charge in [0.05, 0.1) is 6.10 Å². The van der Waals surface area contributed by atoms with Gasteiger partial charge in [0.25, 0.3) is 0 Å². The Kier molecular flexibility index (Phi) is 4.53. The zero-order valence-corrected chi connectivity index (χ0v) is 12.1. The lowest BCUT2D eigenvalue weighted by Gasteiger charge is -2.25. The standard InChI is InChI=1S/C16H22O4/c1-3-4-5-6-11-9-13-12(8-7-10(2)20-13)15(17)14(11)16(18)19/h9-10,17H,3-8H2,1-2H3,(H,18,19). The Bertz CT molecular complexity index is 508. The average molecular weight is 278 g/mol. The van der Waals surface area contributed by atoms with Crippen LogP contribution in [0.15, 0.2) is 6.07 Å². The number of carboxylic acids is 1. The summed E-state index contributed by atoms with van der Waals surface area (Å²) in [6.07, 6.45) is 5.29. The van der Waals surface area contributed by atoms with Crippen LogP contribution >= 0.6 is 0 Å². The number of benzene rings is 1. The van der Waals surface area contributed by atoms with Crippen molar-refractivity contribution in [3.05, 3.63) is 22.8 Å². The molecule has 1 heterocycles. The van der Waals surface area contributed by atoms with Gasteiger partial charge in [-0.25, -0.2) is 4.79 Å². The monoisotopic (exact) mass is 278 g/mol. The van der Waals surface area contributed by atoms with Crippen molar-refractivity contribution in [1.29, 1.82) is 0 Å². The minimum absolute atomic E-state index is 0.0537. The third kappa shape index (κ3) is 2.89. The van der Waals surface area contributed by atoms with Crippen LogP contribution in [-0.4, -0.2) is 22.3 Å². The van der Waals surface area contributed by atoms with Crippen molar-refractivity contribution < 1.29 is 19.7 Å². The van der Waals surface area contributed by atoms with E-state index in [1.54, 1.807) is 0 Å². The lowest BCUT2D eigenvalue weighted by atomic mass is 9.93. The molecule has 0 aromatic heterocycles. The Hall–Kier alpha value is -1.71. The van der Waals surface area contributed by atoms with Gasteiger partial charge in [0.15, 0.2) is 0 Å². The second kappa shape index (κ2) is 6.16. The number of rotatable bonds is 5. The molecule has 0 radical (unpaired) electrons. The van der Waals surface area contributed by atoms with Crippen LogP contribution in [0.2, 0.25) is 0 Å². The summed E-state index contributed by atoms with van der Waals surface area (Å²) in [5.74, 6) is -0.512. The number of unbranched alkanes of at least 4 members (excludes halogenated alkanes) is 2. The Morgan fingerprint density at radius 3 is 2.85 bits per heavy atom. The summed E-state index contributed by atoms with van der Waals surface area (Å²) in [4.78, 5) is 11.4. The van der Waals surface area contributed by atoms with Crippen molar-refractivity contribution in [2.24, 2.45) is 0 Å². The van der Waals surface area contributed by atoms with Gasteiger partial charge in [-0.2, -0.15) is 0 Å². The topological polar surface area (TPSA) is 66.8 Å². The number of aromatic carboxylic acids is 1. The van der Waals surface area contributed by atoms with Crippen molar-refractivity contribution in [2.75, 3.05) is 0 Å². The molecule has 0 spiro atoms. The molecule has 110 valence electrons. The highest BCUT2D eigenvalue weighted by Gasteiger charge is 2.26. The van der Waals surface area contributed by atoms with Crippen LogP contribution in [0.5, 0.6) is 11.5 Å². The third-order valence-electron chi connectivity index (χ3n) is 3.84. The van der Waals surface area contributed by atoms with E-state index in [9.17, 15) is 15.0 Å². The molecule has 0 bridgehead atoms. The number of fused-ring (bicyclic) bond motifs is 1. The van der Waals surface area contributed by atoms with Gasteiger partial charge in [-0.1, -0.05) is 19.8 Å². The number of carbonyl (C=O) groups is 1. The molecular weight excluding hydrogens is 256 g/mol. The fourth-order valence-corrected chi connectivity index (χ4v) is 2.71. The molecule has 1 atom stereocenters. The van der Waals surface area contributed by atoms with Gasteiger partial charge in [0.2, 0.25) is 0 Å². The number of hydrogen-bond acceptors (Lipinski definition) is 3. The summed E-state index contributed by atoms with van der Waals surface area (Å²) in [5.41, 5.74) is 1.37. The number of aromatic hydroxyl groups is 1. The maximum Gasteiger partial charge on any atom is 0.339 e. The van der Waals surface area contributed by atoms with E-state index >= 15 is 0 Å². The van der Waals surface area contributed by atoms with Crippen molar-refractivity contribution >= 4 is 5.97 Å². The first kappa shape index (κ1) is 14.7. The van der Waals surface area contributed by atoms with Crippen LogP contribution in [0.3, 0.4) is 0 Å². The van der Waals surface area contributed by atoms with E-state index < -0.39 is 5.97 Å². The van der Waals surface area contributed by atoms with E-state index in [2.05, 4.69) is 6.92 Å². The van der Waals surface area contributed by atoms with E-state index in [-0.39, 0.29) is 17.4 Å². The van der Waals surface area contributed by atoms with Gasteiger partial charge in [0, 0.05) is 5.56 Å². The molecule has 0 aliphatic carbocycles. The van der Waals surface area contributed by atoms with Crippen LogP contribution in [-0.2, 0) is 12.8 Å². The molecule has 1 unspecified atom stereocenters. The Morgan fingerprint density at radius 2 is 2.20 bits per heavy atom. The molecule has 1 aromatic rings. The molecule has 1 aliphatic heterocycles. The molecule has 0 amide bonds. The molecule has 0 saturated carbocycles. The van der Waals surface area contributed by atoms with Crippen LogP contribution in [0.1, 0.15) is 61.0 Å². The molecule has 20 heavy (non-hydrogen) atoms. The van der Waals surface area contributed by atoms with Crippen molar-refractivity contribution in [3.8, 4) is 11.5 Å². The fraction of sp³-hybridized carbons (Fsp3) is 0.562. The number of ether oxygens (including phenoxy) is 1. The molecule has 1 aromatic carbocycles. The van der Waals surface area contributed by atoms with Crippen molar-refractivity contribution in [3.63, 3.8) is 0 Å². The fourth-order valence-electron chi connectivity index (χ4n) is 2.71. The van der Waals surface area contributed by atoms with Crippen LogP contribution < -0.4 is 4.74 Å². The zero-order valence-electron chi connectivity index (χ0n) is 12.1. The molecule has 2 rings (SSSR count). The molecule has 1 aliphatic rings. The quantitative estimate of drug-likeness (QED) is 0.808. The maximum absolute atomic E-state index is 11.4. The highest BCUT2D eigenvalue weighted by Crippen LogP contribution is 2.39. The number of hydrogen-bond donors (Lipinski definition) is 2. The molecule has 2 N–H and O–H groups in total. The van der Waals surface area contributed by atoms with Crippen molar-refractivity contribution in [2.45, 2.75) is 58.5 Å². The highest BCUT2D eigenvalue weighted by molar-refractivity contribution is 5.93. The van der Waals surface area contributed by atoms with Crippen LogP contribution in [0, 0.1) is 0 Å². The molecule has 0 saturated heterocycles. The average Bonchev–Trinajstić information content (AvgIpc) is 2.38. The number of aryl methyl sites for hydroxylation is 1. The first-order valence-corrected chi connectivity index (χ1v) is 7.32. The van der Waals surface area contributed by atoms with Gasteiger partial charge >= 0.3 is 5.97 Å². The molecular formula is C16H22O4. The van der Waals surface area contributed by atoms with Crippen molar-refractivity contribution in [1.82, 2.24) is 0 Å². The SMILES string of the molecule is CCCCCc1cc2c(c(O)c1C(=O)O)CCC(C)O2. The predicted octanol–water partition coefficient (Wildman–Crippen LogP) is 3.54. The minimum atomic E-state index is -1.06. The lowest BCUT2D eigenvalue weighted by molar-refractivity contribution is 0.0692. The van der Waals surface area contributed by atoms with E-state index in [1.165, 1.54) is 0 Å². The van der Waals surface area contributed by atoms with Gasteiger partial charge in [0.1, 0.15) is 17.1 Å². The second-order valence-corrected chi connectivity index (χ2v) is 5.47. The largest absolute Gasteiger partial charge is 0.507 e. The smallest absolute Gasteiger partial charge is 0.339 e. The van der Waals surface area contributed by atoms with E-state index in [0.29, 0.717) is 29.7 Å².